The molecule has 0 aliphatic rings. The van der Waals surface area contributed by atoms with Crippen LogP contribution in [0.5, 0.6) is 5.75 Å². The van der Waals surface area contributed by atoms with Gasteiger partial charge in [-0.3, -0.25) is 0 Å². The molecule has 0 fully saturated rings. The second kappa shape index (κ2) is 6.56. The summed E-state index contributed by atoms with van der Waals surface area (Å²) < 4.78 is 5.55. The zero-order valence-corrected chi connectivity index (χ0v) is 10.3. The maximum atomic E-state index is 6.09. The van der Waals surface area contributed by atoms with Gasteiger partial charge in [0, 0.05) is 6.04 Å². The second-order valence-corrected chi connectivity index (χ2v) is 4.17. The standard InChI is InChI=1S/C13H18ClNO/c1-3-4-5-8-16-13-7-6-11(10(2)15)9-12(13)14/h3,6-7,9-10H,1,4-5,8,15H2,2H3. The lowest BCUT2D eigenvalue weighted by Crippen LogP contribution is -2.05. The minimum Gasteiger partial charge on any atom is -0.492 e. The summed E-state index contributed by atoms with van der Waals surface area (Å²) in [5.41, 5.74) is 6.78. The van der Waals surface area contributed by atoms with Crippen molar-refractivity contribution in [2.75, 3.05) is 6.61 Å². The third kappa shape index (κ3) is 3.87. The fourth-order valence-corrected chi connectivity index (χ4v) is 1.57. The van der Waals surface area contributed by atoms with Crippen LogP contribution in [0.15, 0.2) is 30.9 Å². The largest absolute Gasteiger partial charge is 0.492 e. The summed E-state index contributed by atoms with van der Waals surface area (Å²) in [4.78, 5) is 0. The second-order valence-electron chi connectivity index (χ2n) is 3.76. The molecule has 0 spiro atoms. The van der Waals surface area contributed by atoms with Crippen LogP contribution in [-0.4, -0.2) is 6.61 Å². The van der Waals surface area contributed by atoms with Crippen LogP contribution in [0.4, 0.5) is 0 Å². The molecular weight excluding hydrogens is 222 g/mol. The van der Waals surface area contributed by atoms with Gasteiger partial charge in [-0.15, -0.1) is 6.58 Å². The Morgan fingerprint density at radius 2 is 2.31 bits per heavy atom. The number of ether oxygens (including phenoxy) is 1. The van der Waals surface area contributed by atoms with Crippen molar-refractivity contribution in [1.82, 2.24) is 0 Å². The summed E-state index contributed by atoms with van der Waals surface area (Å²) >= 11 is 6.09. The number of rotatable bonds is 6. The lowest BCUT2D eigenvalue weighted by molar-refractivity contribution is 0.312. The SMILES string of the molecule is C=CCCCOc1ccc(C(C)N)cc1Cl. The molecule has 1 rings (SSSR count). The Labute approximate surface area is 102 Å². The van der Waals surface area contributed by atoms with Crippen molar-refractivity contribution in [3.63, 3.8) is 0 Å². The Morgan fingerprint density at radius 1 is 1.56 bits per heavy atom. The van der Waals surface area contributed by atoms with Crippen LogP contribution in [0.2, 0.25) is 5.02 Å². The van der Waals surface area contributed by atoms with Gasteiger partial charge in [0.2, 0.25) is 0 Å². The predicted octanol–water partition coefficient (Wildman–Crippen LogP) is 3.70. The van der Waals surface area contributed by atoms with Crippen molar-refractivity contribution < 1.29 is 4.74 Å². The van der Waals surface area contributed by atoms with Crippen LogP contribution >= 0.6 is 11.6 Å². The molecule has 1 aromatic rings. The quantitative estimate of drug-likeness (QED) is 0.607. The van der Waals surface area contributed by atoms with Gasteiger partial charge in [0.15, 0.2) is 0 Å². The van der Waals surface area contributed by atoms with Gasteiger partial charge in [0.1, 0.15) is 5.75 Å². The van der Waals surface area contributed by atoms with Crippen molar-refractivity contribution in [2.45, 2.75) is 25.8 Å². The third-order valence-electron chi connectivity index (χ3n) is 2.29. The fourth-order valence-electron chi connectivity index (χ4n) is 1.33. The van der Waals surface area contributed by atoms with E-state index in [1.165, 1.54) is 0 Å². The number of unbranched alkanes of at least 4 members (excludes halogenated alkanes) is 1. The molecule has 1 atom stereocenters. The molecule has 0 aliphatic heterocycles. The van der Waals surface area contributed by atoms with E-state index in [0.717, 1.165) is 24.2 Å². The fraction of sp³-hybridized carbons (Fsp3) is 0.385. The van der Waals surface area contributed by atoms with Crippen LogP contribution in [0.25, 0.3) is 0 Å². The van der Waals surface area contributed by atoms with E-state index in [2.05, 4.69) is 6.58 Å². The normalized spacial score (nSPS) is 12.2. The van der Waals surface area contributed by atoms with E-state index in [9.17, 15) is 0 Å². The highest BCUT2D eigenvalue weighted by atomic mass is 35.5. The van der Waals surface area contributed by atoms with Crippen LogP contribution in [0, 0.1) is 0 Å². The van der Waals surface area contributed by atoms with Gasteiger partial charge in [-0.1, -0.05) is 23.7 Å². The molecule has 0 amide bonds. The highest BCUT2D eigenvalue weighted by Crippen LogP contribution is 2.27. The summed E-state index contributed by atoms with van der Waals surface area (Å²) in [7, 11) is 0. The molecule has 0 radical (unpaired) electrons. The Kier molecular flexibility index (Phi) is 5.36. The Balaban J connectivity index is 2.57. The summed E-state index contributed by atoms with van der Waals surface area (Å²) in [6.45, 7) is 6.24. The smallest absolute Gasteiger partial charge is 0.137 e. The molecule has 0 aliphatic carbocycles. The predicted molar refractivity (Wildman–Crippen MR) is 69.0 cm³/mol. The molecule has 0 aromatic heterocycles. The summed E-state index contributed by atoms with van der Waals surface area (Å²) in [6, 6.07) is 5.66. The zero-order valence-electron chi connectivity index (χ0n) is 9.58. The monoisotopic (exact) mass is 239 g/mol. The number of allylic oxidation sites excluding steroid dienone is 1. The maximum Gasteiger partial charge on any atom is 0.137 e. The maximum absolute atomic E-state index is 6.09. The van der Waals surface area contributed by atoms with Gasteiger partial charge in [0.05, 0.1) is 11.6 Å². The van der Waals surface area contributed by atoms with E-state index in [0.29, 0.717) is 11.6 Å². The average Bonchev–Trinajstić information content (AvgIpc) is 2.26. The highest BCUT2D eigenvalue weighted by Gasteiger charge is 2.05. The summed E-state index contributed by atoms with van der Waals surface area (Å²) in [5, 5.41) is 0.619. The molecule has 88 valence electrons. The Morgan fingerprint density at radius 3 is 2.88 bits per heavy atom. The average molecular weight is 240 g/mol. The van der Waals surface area contributed by atoms with Crippen molar-refractivity contribution in [3.05, 3.63) is 41.4 Å². The molecule has 0 saturated carbocycles. The van der Waals surface area contributed by atoms with Crippen LogP contribution < -0.4 is 10.5 Å². The van der Waals surface area contributed by atoms with Crippen molar-refractivity contribution in [2.24, 2.45) is 5.73 Å². The van der Waals surface area contributed by atoms with Crippen molar-refractivity contribution >= 4 is 11.6 Å². The molecule has 2 N–H and O–H groups in total. The van der Waals surface area contributed by atoms with Crippen molar-refractivity contribution in [1.29, 1.82) is 0 Å². The molecular formula is C13H18ClNO. The van der Waals surface area contributed by atoms with Crippen LogP contribution in [0.3, 0.4) is 0 Å². The van der Waals surface area contributed by atoms with Crippen LogP contribution in [0.1, 0.15) is 31.4 Å². The van der Waals surface area contributed by atoms with E-state index >= 15 is 0 Å². The molecule has 16 heavy (non-hydrogen) atoms. The first-order chi connectivity index (χ1) is 7.65. The highest BCUT2D eigenvalue weighted by molar-refractivity contribution is 6.32. The van der Waals surface area contributed by atoms with E-state index in [1.807, 2.05) is 31.2 Å². The molecule has 0 heterocycles. The molecule has 0 saturated heterocycles. The molecule has 1 aromatic carbocycles. The van der Waals surface area contributed by atoms with Gasteiger partial charge in [0.25, 0.3) is 0 Å². The van der Waals surface area contributed by atoms with Crippen LogP contribution in [-0.2, 0) is 0 Å². The molecule has 1 unspecified atom stereocenters. The lowest BCUT2D eigenvalue weighted by Gasteiger charge is -2.10. The minimum atomic E-state index is -0.00712. The van der Waals surface area contributed by atoms with Gasteiger partial charge >= 0.3 is 0 Å². The van der Waals surface area contributed by atoms with E-state index in [4.69, 9.17) is 22.1 Å². The summed E-state index contributed by atoms with van der Waals surface area (Å²) in [6.07, 6.45) is 3.79. The molecule has 0 bridgehead atoms. The zero-order chi connectivity index (χ0) is 12.0. The van der Waals surface area contributed by atoms with Crippen molar-refractivity contribution in [3.8, 4) is 5.75 Å². The summed E-state index contributed by atoms with van der Waals surface area (Å²) in [5.74, 6) is 0.718. The number of halogens is 1. The Hall–Kier alpha value is -0.990. The molecule has 3 heteroatoms. The van der Waals surface area contributed by atoms with Gasteiger partial charge < -0.3 is 10.5 Å². The number of nitrogens with two attached hydrogens (primary N) is 1. The first-order valence-corrected chi connectivity index (χ1v) is 5.81. The first kappa shape index (κ1) is 13.1. The van der Waals surface area contributed by atoms with E-state index < -0.39 is 0 Å². The van der Waals surface area contributed by atoms with E-state index in [1.54, 1.807) is 0 Å². The number of hydrogen-bond acceptors (Lipinski definition) is 2. The number of hydrogen-bond donors (Lipinski definition) is 1. The van der Waals surface area contributed by atoms with E-state index in [-0.39, 0.29) is 6.04 Å². The first-order valence-electron chi connectivity index (χ1n) is 5.44. The van der Waals surface area contributed by atoms with Gasteiger partial charge in [-0.2, -0.15) is 0 Å². The third-order valence-corrected chi connectivity index (χ3v) is 2.59. The van der Waals surface area contributed by atoms with Gasteiger partial charge in [-0.25, -0.2) is 0 Å². The lowest BCUT2D eigenvalue weighted by atomic mass is 10.1. The Bertz CT molecular complexity index is 350. The topological polar surface area (TPSA) is 35.2 Å². The number of benzene rings is 1. The minimum absolute atomic E-state index is 0.00712. The van der Waals surface area contributed by atoms with Gasteiger partial charge in [-0.05, 0) is 37.5 Å². The molecule has 2 nitrogen and oxygen atoms in total.